The molecular weight excluding hydrogens is 319 g/mol. The summed E-state index contributed by atoms with van der Waals surface area (Å²) in [5.74, 6) is 0. The number of hydrogen-bond donors (Lipinski definition) is 1. The van der Waals surface area contributed by atoms with E-state index in [9.17, 15) is 13.2 Å². The molecule has 1 N–H and O–H groups in total. The van der Waals surface area contributed by atoms with Crippen LogP contribution in [0.4, 0.5) is 18.9 Å². The number of rotatable bonds is 3. The van der Waals surface area contributed by atoms with Crippen LogP contribution >= 0.6 is 15.9 Å². The van der Waals surface area contributed by atoms with Gasteiger partial charge in [0.15, 0.2) is 0 Å². The lowest BCUT2D eigenvalue weighted by molar-refractivity contribution is -0.137. The molecule has 1 saturated carbocycles. The molecule has 106 valence electrons. The lowest BCUT2D eigenvalue weighted by Gasteiger charge is -2.25. The number of anilines is 1. The van der Waals surface area contributed by atoms with Crippen molar-refractivity contribution >= 4 is 21.6 Å². The second kappa shape index (κ2) is 5.35. The normalized spacial score (nSPS) is 18.6. The van der Waals surface area contributed by atoms with Gasteiger partial charge in [0.2, 0.25) is 0 Å². The van der Waals surface area contributed by atoms with Crippen LogP contribution in [0.15, 0.2) is 22.7 Å². The average Bonchev–Trinajstić information content (AvgIpc) is 2.74. The lowest BCUT2D eigenvalue weighted by atomic mass is 9.89. The molecule has 0 aliphatic heterocycles. The minimum absolute atomic E-state index is 0.121. The second-order valence-electron chi connectivity index (χ2n) is 5.56. The molecule has 0 spiro atoms. The van der Waals surface area contributed by atoms with Crippen molar-refractivity contribution in [3.05, 3.63) is 28.2 Å². The van der Waals surface area contributed by atoms with Gasteiger partial charge < -0.3 is 5.32 Å². The van der Waals surface area contributed by atoms with Crippen molar-refractivity contribution in [1.82, 2.24) is 0 Å². The average molecular weight is 336 g/mol. The predicted molar refractivity (Wildman–Crippen MR) is 74.2 cm³/mol. The Bertz CT molecular complexity index is 450. The Balaban J connectivity index is 2.16. The van der Waals surface area contributed by atoms with E-state index >= 15 is 0 Å². The highest BCUT2D eigenvalue weighted by molar-refractivity contribution is 9.10. The van der Waals surface area contributed by atoms with Crippen LogP contribution in [0.1, 0.15) is 38.2 Å². The molecule has 1 aliphatic carbocycles. The van der Waals surface area contributed by atoms with Gasteiger partial charge in [0.1, 0.15) is 0 Å². The van der Waals surface area contributed by atoms with Crippen molar-refractivity contribution in [1.29, 1.82) is 0 Å². The maximum Gasteiger partial charge on any atom is 0.418 e. The first-order valence-corrected chi connectivity index (χ1v) is 7.20. The summed E-state index contributed by atoms with van der Waals surface area (Å²) in [4.78, 5) is 0. The molecule has 19 heavy (non-hydrogen) atoms. The van der Waals surface area contributed by atoms with E-state index in [2.05, 4.69) is 28.2 Å². The van der Waals surface area contributed by atoms with Crippen LogP contribution in [0.25, 0.3) is 0 Å². The summed E-state index contributed by atoms with van der Waals surface area (Å²) >= 11 is 3.09. The summed E-state index contributed by atoms with van der Waals surface area (Å²) in [6.07, 6.45) is 0.174. The summed E-state index contributed by atoms with van der Waals surface area (Å²) in [6.45, 7) is 2.73. The molecule has 1 aliphatic rings. The SMILES string of the molecule is CC1(CNc2ccc(Br)cc2C(F)(F)F)CCCC1. The molecule has 1 aromatic carbocycles. The summed E-state index contributed by atoms with van der Waals surface area (Å²) in [7, 11) is 0. The van der Waals surface area contributed by atoms with Gasteiger partial charge in [0, 0.05) is 16.7 Å². The van der Waals surface area contributed by atoms with Crippen LogP contribution in [0, 0.1) is 5.41 Å². The first-order valence-electron chi connectivity index (χ1n) is 6.41. The zero-order valence-electron chi connectivity index (χ0n) is 10.8. The number of nitrogens with one attached hydrogen (secondary N) is 1. The molecule has 0 aromatic heterocycles. The van der Waals surface area contributed by atoms with Crippen LogP contribution in [0.3, 0.4) is 0 Å². The molecule has 0 unspecified atom stereocenters. The van der Waals surface area contributed by atoms with Crippen LogP contribution in [-0.4, -0.2) is 6.54 Å². The molecule has 1 nitrogen and oxygen atoms in total. The van der Waals surface area contributed by atoms with E-state index in [1.165, 1.54) is 18.9 Å². The summed E-state index contributed by atoms with van der Waals surface area (Å²) < 4.78 is 39.3. The van der Waals surface area contributed by atoms with Gasteiger partial charge in [-0.25, -0.2) is 0 Å². The smallest absolute Gasteiger partial charge is 0.384 e. The highest BCUT2D eigenvalue weighted by Gasteiger charge is 2.35. The molecule has 0 bridgehead atoms. The Morgan fingerprint density at radius 1 is 1.26 bits per heavy atom. The molecule has 0 amide bonds. The van der Waals surface area contributed by atoms with Crippen molar-refractivity contribution < 1.29 is 13.2 Å². The quantitative estimate of drug-likeness (QED) is 0.773. The fraction of sp³-hybridized carbons (Fsp3) is 0.571. The fourth-order valence-electron chi connectivity index (χ4n) is 2.62. The topological polar surface area (TPSA) is 12.0 Å². The van der Waals surface area contributed by atoms with Crippen molar-refractivity contribution in [2.24, 2.45) is 5.41 Å². The van der Waals surface area contributed by atoms with E-state index < -0.39 is 11.7 Å². The van der Waals surface area contributed by atoms with E-state index in [0.717, 1.165) is 18.9 Å². The zero-order chi connectivity index (χ0) is 14.1. The zero-order valence-corrected chi connectivity index (χ0v) is 12.4. The number of benzene rings is 1. The minimum Gasteiger partial charge on any atom is -0.384 e. The van der Waals surface area contributed by atoms with Crippen molar-refractivity contribution in [3.63, 3.8) is 0 Å². The number of alkyl halides is 3. The molecule has 0 radical (unpaired) electrons. The van der Waals surface area contributed by atoms with E-state index in [1.54, 1.807) is 6.07 Å². The summed E-state index contributed by atoms with van der Waals surface area (Å²) in [6, 6.07) is 4.25. The van der Waals surface area contributed by atoms with Gasteiger partial charge in [-0.2, -0.15) is 13.2 Å². The highest BCUT2D eigenvalue weighted by atomic mass is 79.9. The van der Waals surface area contributed by atoms with E-state index in [0.29, 0.717) is 11.0 Å². The molecule has 2 rings (SSSR count). The predicted octanol–water partition coefficient (Wildman–Crippen LogP) is 5.46. The molecule has 0 saturated heterocycles. The summed E-state index contributed by atoms with van der Waals surface area (Å²) in [5, 5.41) is 2.99. The largest absolute Gasteiger partial charge is 0.418 e. The van der Waals surface area contributed by atoms with Gasteiger partial charge in [-0.3, -0.25) is 0 Å². The Morgan fingerprint density at radius 3 is 2.47 bits per heavy atom. The maximum absolute atomic E-state index is 13.0. The fourth-order valence-corrected chi connectivity index (χ4v) is 2.98. The molecular formula is C14H17BrF3N. The van der Waals surface area contributed by atoms with Gasteiger partial charge >= 0.3 is 6.18 Å². The van der Waals surface area contributed by atoms with Crippen molar-refractivity contribution in [2.45, 2.75) is 38.8 Å². The van der Waals surface area contributed by atoms with Gasteiger partial charge in [-0.15, -0.1) is 0 Å². The monoisotopic (exact) mass is 335 g/mol. The minimum atomic E-state index is -4.33. The Labute approximate surface area is 119 Å². The van der Waals surface area contributed by atoms with E-state index in [-0.39, 0.29) is 11.1 Å². The van der Waals surface area contributed by atoms with Crippen LogP contribution in [0.5, 0.6) is 0 Å². The third-order valence-electron chi connectivity index (χ3n) is 3.80. The van der Waals surface area contributed by atoms with E-state index in [4.69, 9.17) is 0 Å². The number of hydrogen-bond acceptors (Lipinski definition) is 1. The second-order valence-corrected chi connectivity index (χ2v) is 6.47. The Kier molecular flexibility index (Phi) is 4.14. The van der Waals surface area contributed by atoms with Crippen LogP contribution in [0.2, 0.25) is 0 Å². The first-order chi connectivity index (χ1) is 8.80. The van der Waals surface area contributed by atoms with E-state index in [1.807, 2.05) is 0 Å². The van der Waals surface area contributed by atoms with Crippen LogP contribution in [-0.2, 0) is 6.18 Å². The third kappa shape index (κ3) is 3.65. The maximum atomic E-state index is 13.0. The molecule has 1 fully saturated rings. The molecule has 0 atom stereocenters. The molecule has 0 heterocycles. The van der Waals surface area contributed by atoms with Gasteiger partial charge in [-0.05, 0) is 36.5 Å². The number of halogens is 4. The van der Waals surface area contributed by atoms with Gasteiger partial charge in [-0.1, -0.05) is 35.7 Å². The molecule has 1 aromatic rings. The highest BCUT2D eigenvalue weighted by Crippen LogP contribution is 2.40. The Hall–Kier alpha value is -0.710. The Morgan fingerprint density at radius 2 is 1.89 bits per heavy atom. The van der Waals surface area contributed by atoms with Crippen molar-refractivity contribution in [2.75, 3.05) is 11.9 Å². The van der Waals surface area contributed by atoms with Gasteiger partial charge in [0.25, 0.3) is 0 Å². The standard InChI is InChI=1S/C14H17BrF3N/c1-13(6-2-3-7-13)9-19-12-5-4-10(15)8-11(12)14(16,17)18/h4-5,8,19H,2-3,6-7,9H2,1H3. The van der Waals surface area contributed by atoms with Crippen LogP contribution < -0.4 is 5.32 Å². The van der Waals surface area contributed by atoms with Gasteiger partial charge in [0.05, 0.1) is 5.56 Å². The lowest BCUT2D eigenvalue weighted by Crippen LogP contribution is -2.24. The molecule has 5 heteroatoms. The first kappa shape index (κ1) is 14.7. The summed E-state index contributed by atoms with van der Waals surface area (Å²) in [5.41, 5.74) is -0.317. The van der Waals surface area contributed by atoms with Crippen molar-refractivity contribution in [3.8, 4) is 0 Å². The third-order valence-corrected chi connectivity index (χ3v) is 4.30.